The van der Waals surface area contributed by atoms with Gasteiger partial charge in [0.15, 0.2) is 0 Å². The molecule has 0 radical (unpaired) electrons. The summed E-state index contributed by atoms with van der Waals surface area (Å²) in [5.74, 6) is 1.45. The van der Waals surface area contributed by atoms with Crippen LogP contribution in [0.5, 0.6) is 0 Å². The molecule has 2 aromatic heterocycles. The minimum atomic E-state index is 0.103. The van der Waals surface area contributed by atoms with E-state index in [1.165, 1.54) is 11.8 Å². The van der Waals surface area contributed by atoms with E-state index in [0.29, 0.717) is 17.5 Å². The van der Waals surface area contributed by atoms with Crippen molar-refractivity contribution in [2.24, 2.45) is 0 Å². The van der Waals surface area contributed by atoms with Crippen molar-refractivity contribution >= 4 is 17.7 Å². The van der Waals surface area contributed by atoms with Crippen LogP contribution < -0.4 is 0 Å². The maximum absolute atomic E-state index is 12.1. The molecular weight excluding hydrogens is 288 g/mol. The molecule has 1 amide bonds. The largest absolute Gasteiger partial charge is 0.343 e. The summed E-state index contributed by atoms with van der Waals surface area (Å²) in [6.07, 6.45) is 1.70. The third-order valence-electron chi connectivity index (χ3n) is 2.99. The first-order valence-corrected chi connectivity index (χ1v) is 7.80. The molecule has 7 heteroatoms. The lowest BCUT2D eigenvalue weighted by molar-refractivity contribution is -0.127. The fraction of sp³-hybridized carbons (Fsp3) is 0.429. The lowest BCUT2D eigenvalue weighted by atomic mass is 10.3. The minimum Gasteiger partial charge on any atom is -0.343 e. The zero-order valence-electron chi connectivity index (χ0n) is 12.4. The van der Waals surface area contributed by atoms with Gasteiger partial charge in [0, 0.05) is 26.2 Å². The van der Waals surface area contributed by atoms with Gasteiger partial charge in [0.1, 0.15) is 5.03 Å². The first-order chi connectivity index (χ1) is 10.2. The zero-order valence-corrected chi connectivity index (χ0v) is 13.2. The third-order valence-corrected chi connectivity index (χ3v) is 3.98. The lowest BCUT2D eigenvalue weighted by Crippen LogP contribution is -2.31. The number of pyridine rings is 1. The topological polar surface area (TPSA) is 72.1 Å². The molecule has 0 N–H and O–H groups in total. The van der Waals surface area contributed by atoms with Gasteiger partial charge < -0.3 is 9.42 Å². The van der Waals surface area contributed by atoms with Gasteiger partial charge in [-0.15, -0.1) is 0 Å². The number of carbonyl (C=O) groups excluding carboxylic acids is 1. The van der Waals surface area contributed by atoms with Gasteiger partial charge in [0.05, 0.1) is 11.3 Å². The fourth-order valence-electron chi connectivity index (χ4n) is 1.88. The molecule has 0 spiro atoms. The van der Waals surface area contributed by atoms with Crippen molar-refractivity contribution in [3.05, 3.63) is 24.2 Å². The predicted octanol–water partition coefficient (Wildman–Crippen LogP) is 2.40. The Labute approximate surface area is 127 Å². The molecule has 0 bridgehead atoms. The SMILES string of the molecule is CCN(CC)C(=O)CSc1ncccc1-c1noc(C)n1. The van der Waals surface area contributed by atoms with Crippen LogP contribution in [0.4, 0.5) is 0 Å². The smallest absolute Gasteiger partial charge is 0.232 e. The summed E-state index contributed by atoms with van der Waals surface area (Å²) in [5, 5.41) is 4.64. The molecule has 0 saturated heterocycles. The van der Waals surface area contributed by atoms with Crippen molar-refractivity contribution < 1.29 is 9.32 Å². The Bertz CT molecular complexity index is 611. The second-order valence-corrected chi connectivity index (χ2v) is 5.31. The van der Waals surface area contributed by atoms with Crippen LogP contribution in [0.1, 0.15) is 19.7 Å². The fourth-order valence-corrected chi connectivity index (χ4v) is 2.78. The van der Waals surface area contributed by atoms with Crippen LogP contribution in [0, 0.1) is 6.92 Å². The Morgan fingerprint density at radius 2 is 2.14 bits per heavy atom. The van der Waals surface area contributed by atoms with Crippen molar-refractivity contribution in [2.75, 3.05) is 18.8 Å². The highest BCUT2D eigenvalue weighted by Crippen LogP contribution is 2.27. The number of aromatic nitrogens is 3. The Balaban J connectivity index is 2.12. The van der Waals surface area contributed by atoms with Crippen LogP contribution in [0.25, 0.3) is 11.4 Å². The van der Waals surface area contributed by atoms with Gasteiger partial charge in [-0.1, -0.05) is 16.9 Å². The first kappa shape index (κ1) is 15.5. The molecular formula is C14H18N4O2S. The Morgan fingerprint density at radius 3 is 2.76 bits per heavy atom. The average molecular weight is 306 g/mol. The highest BCUT2D eigenvalue weighted by molar-refractivity contribution is 8.00. The molecule has 2 aromatic rings. The van der Waals surface area contributed by atoms with E-state index in [0.717, 1.165) is 23.7 Å². The summed E-state index contributed by atoms with van der Waals surface area (Å²) in [6, 6.07) is 3.69. The van der Waals surface area contributed by atoms with Crippen molar-refractivity contribution in [1.29, 1.82) is 0 Å². The molecule has 0 saturated carbocycles. The van der Waals surface area contributed by atoms with Crippen molar-refractivity contribution in [2.45, 2.75) is 25.8 Å². The Hall–Kier alpha value is -1.89. The van der Waals surface area contributed by atoms with Crippen LogP contribution in [0.2, 0.25) is 0 Å². The molecule has 0 aliphatic rings. The standard InChI is InChI=1S/C14H18N4O2S/c1-4-18(5-2)12(19)9-21-14-11(7-6-8-15-14)13-16-10(3)20-17-13/h6-8H,4-5,9H2,1-3H3. The maximum atomic E-state index is 12.1. The molecule has 2 rings (SSSR count). The molecule has 0 aliphatic carbocycles. The summed E-state index contributed by atoms with van der Waals surface area (Å²) in [7, 11) is 0. The van der Waals surface area contributed by atoms with Gasteiger partial charge in [-0.3, -0.25) is 4.79 Å². The molecule has 2 heterocycles. The van der Waals surface area contributed by atoms with E-state index < -0.39 is 0 Å². The maximum Gasteiger partial charge on any atom is 0.232 e. The average Bonchev–Trinajstić information content (AvgIpc) is 2.93. The number of aryl methyl sites for hydroxylation is 1. The highest BCUT2D eigenvalue weighted by Gasteiger charge is 2.15. The summed E-state index contributed by atoms with van der Waals surface area (Å²) in [5.41, 5.74) is 0.784. The highest BCUT2D eigenvalue weighted by atomic mass is 32.2. The zero-order chi connectivity index (χ0) is 15.2. The monoisotopic (exact) mass is 306 g/mol. The number of amides is 1. The van der Waals surface area contributed by atoms with Crippen LogP contribution in [0.3, 0.4) is 0 Å². The molecule has 0 aromatic carbocycles. The summed E-state index contributed by atoms with van der Waals surface area (Å²) < 4.78 is 5.00. The van der Waals surface area contributed by atoms with Crippen LogP contribution in [-0.2, 0) is 4.79 Å². The van der Waals surface area contributed by atoms with Gasteiger partial charge in [0.2, 0.25) is 17.6 Å². The van der Waals surface area contributed by atoms with Crippen molar-refractivity contribution in [1.82, 2.24) is 20.0 Å². The van der Waals surface area contributed by atoms with E-state index in [1.807, 2.05) is 26.0 Å². The number of carbonyl (C=O) groups is 1. The quantitative estimate of drug-likeness (QED) is 0.763. The number of thioether (sulfide) groups is 1. The van der Waals surface area contributed by atoms with Gasteiger partial charge in [-0.2, -0.15) is 4.98 Å². The third kappa shape index (κ3) is 3.81. The van der Waals surface area contributed by atoms with Crippen molar-refractivity contribution in [3.8, 4) is 11.4 Å². The van der Waals surface area contributed by atoms with Crippen molar-refractivity contribution in [3.63, 3.8) is 0 Å². The van der Waals surface area contributed by atoms with Crippen LogP contribution in [0.15, 0.2) is 27.9 Å². The molecule has 0 unspecified atom stereocenters. The van der Waals surface area contributed by atoms with Crippen LogP contribution in [-0.4, -0.2) is 44.8 Å². The first-order valence-electron chi connectivity index (χ1n) is 6.82. The van der Waals surface area contributed by atoms with Crippen LogP contribution >= 0.6 is 11.8 Å². The van der Waals surface area contributed by atoms with Gasteiger partial charge in [-0.05, 0) is 26.0 Å². The predicted molar refractivity (Wildman–Crippen MR) is 80.9 cm³/mol. The number of nitrogens with zero attached hydrogens (tertiary/aromatic N) is 4. The molecule has 21 heavy (non-hydrogen) atoms. The summed E-state index contributed by atoms with van der Waals surface area (Å²) in [6.45, 7) is 7.12. The van der Waals surface area contributed by atoms with E-state index in [1.54, 1.807) is 18.0 Å². The van der Waals surface area contributed by atoms with Gasteiger partial charge in [0.25, 0.3) is 0 Å². The second-order valence-electron chi connectivity index (χ2n) is 4.35. The summed E-state index contributed by atoms with van der Waals surface area (Å²) in [4.78, 5) is 22.4. The lowest BCUT2D eigenvalue weighted by Gasteiger charge is -2.18. The number of rotatable bonds is 6. The number of hydrogen-bond donors (Lipinski definition) is 0. The van der Waals surface area contributed by atoms with E-state index in [9.17, 15) is 4.79 Å². The molecule has 0 aliphatic heterocycles. The van der Waals surface area contributed by atoms with Gasteiger partial charge in [-0.25, -0.2) is 4.98 Å². The minimum absolute atomic E-state index is 0.103. The molecule has 6 nitrogen and oxygen atoms in total. The summed E-state index contributed by atoms with van der Waals surface area (Å²) >= 11 is 1.39. The Kier molecular flexibility index (Phi) is 5.32. The van der Waals surface area contributed by atoms with E-state index in [4.69, 9.17) is 4.52 Å². The second kappa shape index (κ2) is 7.21. The molecule has 112 valence electrons. The van der Waals surface area contributed by atoms with E-state index in [2.05, 4.69) is 15.1 Å². The normalized spacial score (nSPS) is 10.6. The van der Waals surface area contributed by atoms with Gasteiger partial charge >= 0.3 is 0 Å². The number of hydrogen-bond acceptors (Lipinski definition) is 6. The van der Waals surface area contributed by atoms with E-state index >= 15 is 0 Å². The van der Waals surface area contributed by atoms with E-state index in [-0.39, 0.29) is 5.91 Å². The molecule has 0 atom stereocenters. The molecule has 0 fully saturated rings. The Morgan fingerprint density at radius 1 is 1.38 bits per heavy atom.